The Balaban J connectivity index is 2.73. The first kappa shape index (κ1) is 16.9. The van der Waals surface area contributed by atoms with Crippen LogP contribution >= 0.6 is 0 Å². The van der Waals surface area contributed by atoms with E-state index in [1.807, 2.05) is 6.92 Å². The van der Waals surface area contributed by atoms with Crippen LogP contribution < -0.4 is 15.8 Å². The number of hydrogen-bond acceptors (Lipinski definition) is 5. The van der Waals surface area contributed by atoms with Crippen molar-refractivity contribution in [1.29, 1.82) is 0 Å². The quantitative estimate of drug-likeness (QED) is 0.626. The highest BCUT2D eigenvalue weighted by atomic mass is 32.2. The molecule has 0 radical (unpaired) electrons. The van der Waals surface area contributed by atoms with Crippen LogP contribution in [0.15, 0.2) is 29.2 Å². The van der Waals surface area contributed by atoms with Gasteiger partial charge in [0.05, 0.1) is 17.5 Å². The molecule has 0 heterocycles. The predicted molar refractivity (Wildman–Crippen MR) is 80.3 cm³/mol. The second-order valence-electron chi connectivity index (χ2n) is 4.45. The van der Waals surface area contributed by atoms with Crippen molar-refractivity contribution in [3.05, 3.63) is 24.3 Å². The molecule has 1 aromatic rings. The molecular formula is C13H23N3O3S. The SMILES string of the molecule is CCCNS(=O)(=O)c1ccc(NC(CN)COC)cc1. The fourth-order valence-electron chi connectivity index (χ4n) is 1.66. The zero-order valence-corrected chi connectivity index (χ0v) is 12.7. The Hall–Kier alpha value is -1.15. The topological polar surface area (TPSA) is 93.5 Å². The Kier molecular flexibility index (Phi) is 6.94. The predicted octanol–water partition coefficient (Wildman–Crippen LogP) is 0.761. The molecule has 0 aliphatic heterocycles. The van der Waals surface area contributed by atoms with Gasteiger partial charge in [0, 0.05) is 25.9 Å². The van der Waals surface area contributed by atoms with Crippen LogP contribution in [0.25, 0.3) is 0 Å². The molecule has 6 nitrogen and oxygen atoms in total. The van der Waals surface area contributed by atoms with Crippen molar-refractivity contribution in [3.8, 4) is 0 Å². The molecule has 0 spiro atoms. The lowest BCUT2D eigenvalue weighted by Gasteiger charge is -2.17. The van der Waals surface area contributed by atoms with Crippen LogP contribution in [0.1, 0.15) is 13.3 Å². The van der Waals surface area contributed by atoms with Crippen LogP contribution in [0.5, 0.6) is 0 Å². The molecule has 0 aliphatic rings. The van der Waals surface area contributed by atoms with E-state index < -0.39 is 10.0 Å². The van der Waals surface area contributed by atoms with Crippen LogP contribution in [0.2, 0.25) is 0 Å². The molecule has 0 bridgehead atoms. The zero-order chi connectivity index (χ0) is 15.0. The van der Waals surface area contributed by atoms with Crippen molar-refractivity contribution in [2.24, 2.45) is 5.73 Å². The van der Waals surface area contributed by atoms with Gasteiger partial charge in [-0.15, -0.1) is 0 Å². The molecule has 7 heteroatoms. The van der Waals surface area contributed by atoms with Crippen molar-refractivity contribution in [2.45, 2.75) is 24.3 Å². The summed E-state index contributed by atoms with van der Waals surface area (Å²) >= 11 is 0. The number of rotatable bonds is 9. The zero-order valence-electron chi connectivity index (χ0n) is 11.9. The highest BCUT2D eigenvalue weighted by Crippen LogP contribution is 2.14. The van der Waals surface area contributed by atoms with E-state index in [4.69, 9.17) is 10.5 Å². The first-order valence-corrected chi connectivity index (χ1v) is 8.07. The standard InChI is InChI=1S/C13H23N3O3S/c1-3-8-15-20(17,18)13-6-4-11(5-7-13)16-12(9-14)10-19-2/h4-7,12,15-16H,3,8-10,14H2,1-2H3. The van der Waals surface area contributed by atoms with Gasteiger partial charge < -0.3 is 15.8 Å². The molecule has 1 atom stereocenters. The number of anilines is 1. The summed E-state index contributed by atoms with van der Waals surface area (Å²) < 4.78 is 31.4. The summed E-state index contributed by atoms with van der Waals surface area (Å²) in [5, 5.41) is 3.19. The minimum absolute atomic E-state index is 0.000624. The fourth-order valence-corrected chi connectivity index (χ4v) is 2.79. The Labute approximate surface area is 120 Å². The third kappa shape index (κ3) is 5.09. The first-order chi connectivity index (χ1) is 9.53. The summed E-state index contributed by atoms with van der Waals surface area (Å²) in [6, 6.07) is 6.58. The average molecular weight is 301 g/mol. The third-order valence-corrected chi connectivity index (χ3v) is 4.21. The second kappa shape index (κ2) is 8.21. The largest absolute Gasteiger partial charge is 0.383 e. The van der Waals surface area contributed by atoms with E-state index in [0.717, 1.165) is 12.1 Å². The number of nitrogens with one attached hydrogen (secondary N) is 2. The lowest BCUT2D eigenvalue weighted by Crippen LogP contribution is -2.33. The van der Waals surface area contributed by atoms with Crippen LogP contribution in [0, 0.1) is 0 Å². The molecular weight excluding hydrogens is 278 g/mol. The van der Waals surface area contributed by atoms with Crippen molar-refractivity contribution < 1.29 is 13.2 Å². The van der Waals surface area contributed by atoms with Gasteiger partial charge >= 0.3 is 0 Å². The molecule has 20 heavy (non-hydrogen) atoms. The molecule has 4 N–H and O–H groups in total. The lowest BCUT2D eigenvalue weighted by molar-refractivity contribution is 0.187. The Morgan fingerprint density at radius 3 is 2.45 bits per heavy atom. The van der Waals surface area contributed by atoms with Gasteiger partial charge in [0.2, 0.25) is 10.0 Å². The summed E-state index contributed by atoms with van der Waals surface area (Å²) in [6.07, 6.45) is 0.758. The monoisotopic (exact) mass is 301 g/mol. The van der Waals surface area contributed by atoms with Crippen LogP contribution in [0.4, 0.5) is 5.69 Å². The fraction of sp³-hybridized carbons (Fsp3) is 0.538. The average Bonchev–Trinajstić information content (AvgIpc) is 2.45. The molecule has 0 saturated heterocycles. The number of nitrogens with two attached hydrogens (primary N) is 1. The second-order valence-corrected chi connectivity index (χ2v) is 6.22. The van der Waals surface area contributed by atoms with E-state index >= 15 is 0 Å². The van der Waals surface area contributed by atoms with E-state index in [-0.39, 0.29) is 10.9 Å². The summed E-state index contributed by atoms with van der Waals surface area (Å²) in [6.45, 7) is 3.28. The van der Waals surface area contributed by atoms with Gasteiger partial charge in [0.25, 0.3) is 0 Å². The van der Waals surface area contributed by atoms with Gasteiger partial charge in [0.15, 0.2) is 0 Å². The summed E-state index contributed by atoms with van der Waals surface area (Å²) in [5.74, 6) is 0. The molecule has 0 aromatic heterocycles. The van der Waals surface area contributed by atoms with E-state index in [2.05, 4.69) is 10.0 Å². The number of methoxy groups -OCH3 is 1. The van der Waals surface area contributed by atoms with E-state index in [9.17, 15) is 8.42 Å². The minimum atomic E-state index is -3.41. The van der Waals surface area contributed by atoms with Crippen molar-refractivity contribution >= 4 is 15.7 Å². The summed E-state index contributed by atoms with van der Waals surface area (Å²) in [5.41, 5.74) is 6.42. The van der Waals surface area contributed by atoms with Gasteiger partial charge in [-0.25, -0.2) is 13.1 Å². The van der Waals surface area contributed by atoms with E-state index in [0.29, 0.717) is 19.7 Å². The van der Waals surface area contributed by atoms with Crippen molar-refractivity contribution in [2.75, 3.05) is 32.1 Å². The third-order valence-electron chi connectivity index (χ3n) is 2.73. The van der Waals surface area contributed by atoms with Gasteiger partial charge in [-0.05, 0) is 30.7 Å². The Morgan fingerprint density at radius 1 is 1.30 bits per heavy atom. The van der Waals surface area contributed by atoms with Crippen molar-refractivity contribution in [3.63, 3.8) is 0 Å². The summed E-state index contributed by atoms with van der Waals surface area (Å²) in [4.78, 5) is 0.257. The smallest absolute Gasteiger partial charge is 0.240 e. The molecule has 1 aromatic carbocycles. The maximum Gasteiger partial charge on any atom is 0.240 e. The summed E-state index contributed by atoms with van der Waals surface area (Å²) in [7, 11) is -1.80. The van der Waals surface area contributed by atoms with Gasteiger partial charge in [-0.3, -0.25) is 0 Å². The number of benzene rings is 1. The molecule has 1 rings (SSSR count). The van der Waals surface area contributed by atoms with Crippen LogP contribution in [-0.4, -0.2) is 41.3 Å². The highest BCUT2D eigenvalue weighted by Gasteiger charge is 2.13. The van der Waals surface area contributed by atoms with Gasteiger partial charge in [-0.1, -0.05) is 6.92 Å². The molecule has 0 amide bonds. The lowest BCUT2D eigenvalue weighted by atomic mass is 10.2. The number of sulfonamides is 1. The maximum absolute atomic E-state index is 11.9. The maximum atomic E-state index is 11.9. The van der Waals surface area contributed by atoms with E-state index in [1.165, 1.54) is 0 Å². The molecule has 1 unspecified atom stereocenters. The molecule has 0 saturated carbocycles. The minimum Gasteiger partial charge on any atom is -0.383 e. The Morgan fingerprint density at radius 2 is 1.95 bits per heavy atom. The highest BCUT2D eigenvalue weighted by molar-refractivity contribution is 7.89. The van der Waals surface area contributed by atoms with Crippen LogP contribution in [-0.2, 0) is 14.8 Å². The van der Waals surface area contributed by atoms with Crippen molar-refractivity contribution in [1.82, 2.24) is 4.72 Å². The molecule has 0 aliphatic carbocycles. The number of ether oxygens (including phenoxy) is 1. The first-order valence-electron chi connectivity index (χ1n) is 6.58. The number of hydrogen-bond donors (Lipinski definition) is 3. The van der Waals surface area contributed by atoms with Crippen LogP contribution in [0.3, 0.4) is 0 Å². The Bertz CT molecular complexity index is 488. The van der Waals surface area contributed by atoms with Gasteiger partial charge in [0.1, 0.15) is 0 Å². The van der Waals surface area contributed by atoms with Gasteiger partial charge in [-0.2, -0.15) is 0 Å². The molecule has 114 valence electrons. The normalized spacial score (nSPS) is 13.2. The van der Waals surface area contributed by atoms with E-state index in [1.54, 1.807) is 31.4 Å². The molecule has 0 fully saturated rings.